The summed E-state index contributed by atoms with van der Waals surface area (Å²) in [5, 5.41) is 12.3. The Balaban J connectivity index is 1.83. The van der Waals surface area contributed by atoms with Gasteiger partial charge in [0.05, 0.1) is 45.7 Å². The molecule has 0 radical (unpaired) electrons. The normalized spacial score (nSPS) is 16.9. The standard InChI is InChI=1S/C24H38N2O8/c1-24(2,3)34-23(29)25-21(18-5-7-19(27)8-6-18)22(28)26-10-9-20(17-26)33-16-15-32-14-13-31-12-11-30-4/h5-8,20-21,27H,9-17H2,1-4H3,(H,25,29)/t20-,21?/m0/s1. The molecule has 1 aromatic rings. The number of aromatic hydroxyl groups is 1. The molecule has 192 valence electrons. The van der Waals surface area contributed by atoms with Gasteiger partial charge < -0.3 is 39.0 Å². The van der Waals surface area contributed by atoms with Gasteiger partial charge in [0.1, 0.15) is 17.4 Å². The zero-order chi connectivity index (χ0) is 25.0. The van der Waals surface area contributed by atoms with Gasteiger partial charge in [-0.15, -0.1) is 0 Å². The van der Waals surface area contributed by atoms with E-state index in [4.69, 9.17) is 23.7 Å². The predicted molar refractivity (Wildman–Crippen MR) is 125 cm³/mol. The maximum Gasteiger partial charge on any atom is 0.408 e. The van der Waals surface area contributed by atoms with Crippen LogP contribution in [-0.2, 0) is 28.5 Å². The zero-order valence-corrected chi connectivity index (χ0v) is 20.6. The van der Waals surface area contributed by atoms with Crippen molar-refractivity contribution >= 4 is 12.0 Å². The number of benzene rings is 1. The summed E-state index contributed by atoms with van der Waals surface area (Å²) in [6.07, 6.45) is -0.0950. The number of hydrogen-bond donors (Lipinski definition) is 2. The molecule has 1 saturated heterocycles. The molecule has 2 amide bonds. The molecule has 1 unspecified atom stereocenters. The van der Waals surface area contributed by atoms with Crippen LogP contribution in [0.5, 0.6) is 5.75 Å². The van der Waals surface area contributed by atoms with E-state index in [-0.39, 0.29) is 17.8 Å². The fourth-order valence-corrected chi connectivity index (χ4v) is 3.36. The molecule has 2 N–H and O–H groups in total. The first kappa shape index (κ1) is 27.8. The van der Waals surface area contributed by atoms with E-state index in [0.717, 1.165) is 0 Å². The SMILES string of the molecule is COCCOCCOCCO[C@H]1CCN(C(=O)C(NC(=O)OC(C)(C)C)c2ccc(O)cc2)C1. The molecule has 2 atom stereocenters. The average molecular weight is 483 g/mol. The highest BCUT2D eigenvalue weighted by atomic mass is 16.6. The van der Waals surface area contributed by atoms with Gasteiger partial charge in [0.2, 0.25) is 5.91 Å². The summed E-state index contributed by atoms with van der Waals surface area (Å²) in [4.78, 5) is 27.3. The van der Waals surface area contributed by atoms with Crippen LogP contribution in [0.4, 0.5) is 4.79 Å². The lowest BCUT2D eigenvalue weighted by molar-refractivity contribution is -0.133. The van der Waals surface area contributed by atoms with Crippen molar-refractivity contribution in [3.05, 3.63) is 29.8 Å². The molecule has 1 aromatic carbocycles. The van der Waals surface area contributed by atoms with E-state index >= 15 is 0 Å². The number of carbonyl (C=O) groups excluding carboxylic acids is 2. The highest BCUT2D eigenvalue weighted by Crippen LogP contribution is 2.23. The van der Waals surface area contributed by atoms with Gasteiger partial charge in [-0.3, -0.25) is 4.79 Å². The number of amides is 2. The first-order valence-corrected chi connectivity index (χ1v) is 11.5. The third-order valence-corrected chi connectivity index (χ3v) is 4.98. The lowest BCUT2D eigenvalue weighted by Gasteiger charge is -2.26. The van der Waals surface area contributed by atoms with E-state index < -0.39 is 17.7 Å². The molecule has 10 nitrogen and oxygen atoms in total. The van der Waals surface area contributed by atoms with Crippen molar-refractivity contribution in [3.8, 4) is 5.75 Å². The van der Waals surface area contributed by atoms with Gasteiger partial charge in [0.25, 0.3) is 0 Å². The summed E-state index contributed by atoms with van der Waals surface area (Å²) in [6.45, 7) is 9.13. The lowest BCUT2D eigenvalue weighted by atomic mass is 10.1. The van der Waals surface area contributed by atoms with E-state index in [0.29, 0.717) is 64.7 Å². The van der Waals surface area contributed by atoms with Gasteiger partial charge in [0.15, 0.2) is 0 Å². The molecule has 0 aromatic heterocycles. The summed E-state index contributed by atoms with van der Waals surface area (Å²) in [7, 11) is 1.62. The van der Waals surface area contributed by atoms with E-state index in [2.05, 4.69) is 5.32 Å². The lowest BCUT2D eigenvalue weighted by Crippen LogP contribution is -2.44. The van der Waals surface area contributed by atoms with Gasteiger partial charge in [-0.2, -0.15) is 0 Å². The molecule has 2 rings (SSSR count). The number of ether oxygens (including phenoxy) is 5. The molecule has 0 spiro atoms. The second-order valence-electron chi connectivity index (χ2n) is 8.95. The Bertz CT molecular complexity index is 750. The fraction of sp³-hybridized carbons (Fsp3) is 0.667. The maximum absolute atomic E-state index is 13.3. The van der Waals surface area contributed by atoms with Crippen molar-refractivity contribution in [1.29, 1.82) is 0 Å². The molecular formula is C24H38N2O8. The Hall–Kier alpha value is -2.40. The van der Waals surface area contributed by atoms with Crippen LogP contribution >= 0.6 is 0 Å². The minimum absolute atomic E-state index is 0.0746. The Labute approximate surface area is 201 Å². The largest absolute Gasteiger partial charge is 0.508 e. The molecule has 1 aliphatic heterocycles. The second-order valence-corrected chi connectivity index (χ2v) is 8.95. The van der Waals surface area contributed by atoms with E-state index in [1.54, 1.807) is 44.9 Å². The molecule has 1 aliphatic rings. The highest BCUT2D eigenvalue weighted by molar-refractivity contribution is 5.87. The molecule has 1 fully saturated rings. The Morgan fingerprint density at radius 3 is 2.29 bits per heavy atom. The smallest absolute Gasteiger partial charge is 0.408 e. The van der Waals surface area contributed by atoms with Crippen LogP contribution < -0.4 is 5.32 Å². The number of phenolic OH excluding ortho intramolecular Hbond substituents is 1. The third kappa shape index (κ3) is 10.3. The van der Waals surface area contributed by atoms with E-state index in [1.165, 1.54) is 12.1 Å². The zero-order valence-electron chi connectivity index (χ0n) is 20.6. The van der Waals surface area contributed by atoms with Gasteiger partial charge in [-0.05, 0) is 44.9 Å². The van der Waals surface area contributed by atoms with Crippen molar-refractivity contribution in [2.45, 2.75) is 44.9 Å². The molecule has 1 heterocycles. The summed E-state index contributed by atoms with van der Waals surface area (Å²) in [5.41, 5.74) is -0.142. The van der Waals surface area contributed by atoms with Crippen LogP contribution in [-0.4, -0.2) is 93.6 Å². The van der Waals surface area contributed by atoms with Gasteiger partial charge in [-0.1, -0.05) is 12.1 Å². The number of carbonyl (C=O) groups is 2. The molecule has 34 heavy (non-hydrogen) atoms. The number of likely N-dealkylation sites (tertiary alicyclic amines) is 1. The number of methoxy groups -OCH3 is 1. The van der Waals surface area contributed by atoms with E-state index in [1.807, 2.05) is 0 Å². The van der Waals surface area contributed by atoms with Gasteiger partial charge >= 0.3 is 6.09 Å². The minimum Gasteiger partial charge on any atom is -0.508 e. The molecule has 0 aliphatic carbocycles. The van der Waals surface area contributed by atoms with Crippen molar-refractivity contribution < 1.29 is 38.4 Å². The fourth-order valence-electron chi connectivity index (χ4n) is 3.36. The molecule has 0 saturated carbocycles. The van der Waals surface area contributed by atoms with E-state index in [9.17, 15) is 14.7 Å². The first-order valence-electron chi connectivity index (χ1n) is 11.5. The highest BCUT2D eigenvalue weighted by Gasteiger charge is 2.34. The molecular weight excluding hydrogens is 444 g/mol. The van der Waals surface area contributed by atoms with Crippen molar-refractivity contribution in [1.82, 2.24) is 10.2 Å². The molecule has 10 heteroatoms. The van der Waals surface area contributed by atoms with Crippen LogP contribution in [0.15, 0.2) is 24.3 Å². The van der Waals surface area contributed by atoms with Crippen molar-refractivity contribution in [2.75, 3.05) is 59.8 Å². The Morgan fingerprint density at radius 1 is 1.06 bits per heavy atom. The van der Waals surface area contributed by atoms with Crippen LogP contribution in [0, 0.1) is 0 Å². The monoisotopic (exact) mass is 482 g/mol. The molecule has 0 bridgehead atoms. The Kier molecular flexibility index (Phi) is 11.5. The summed E-state index contributed by atoms with van der Waals surface area (Å²) >= 11 is 0. The number of phenols is 1. The summed E-state index contributed by atoms with van der Waals surface area (Å²) < 4.78 is 26.9. The third-order valence-electron chi connectivity index (χ3n) is 4.98. The van der Waals surface area contributed by atoms with Crippen molar-refractivity contribution in [3.63, 3.8) is 0 Å². The first-order chi connectivity index (χ1) is 16.2. The van der Waals surface area contributed by atoms with Crippen LogP contribution in [0.25, 0.3) is 0 Å². The number of hydrogen-bond acceptors (Lipinski definition) is 8. The number of nitrogens with one attached hydrogen (secondary N) is 1. The quantitative estimate of drug-likeness (QED) is 0.412. The maximum atomic E-state index is 13.3. The van der Waals surface area contributed by atoms with Crippen molar-refractivity contribution in [2.24, 2.45) is 0 Å². The topological polar surface area (TPSA) is 116 Å². The predicted octanol–water partition coefficient (Wildman–Crippen LogP) is 2.26. The summed E-state index contributed by atoms with van der Waals surface area (Å²) in [5.74, 6) is -0.183. The average Bonchev–Trinajstić information content (AvgIpc) is 3.24. The Morgan fingerprint density at radius 2 is 1.68 bits per heavy atom. The number of rotatable bonds is 13. The number of nitrogens with zero attached hydrogens (tertiary/aromatic N) is 1. The minimum atomic E-state index is -0.935. The number of alkyl carbamates (subject to hydrolysis) is 1. The van der Waals surface area contributed by atoms with Gasteiger partial charge in [0, 0.05) is 20.2 Å². The van der Waals surface area contributed by atoms with Gasteiger partial charge in [-0.25, -0.2) is 4.79 Å². The second kappa shape index (κ2) is 14.1. The van der Waals surface area contributed by atoms with Crippen LogP contribution in [0.1, 0.15) is 38.8 Å². The van der Waals surface area contributed by atoms with Crippen LogP contribution in [0.3, 0.4) is 0 Å². The summed E-state index contributed by atoms with van der Waals surface area (Å²) in [6, 6.07) is 5.23. The van der Waals surface area contributed by atoms with Crippen LogP contribution in [0.2, 0.25) is 0 Å².